The summed E-state index contributed by atoms with van der Waals surface area (Å²) in [5.74, 6) is 3.54. The van der Waals surface area contributed by atoms with E-state index >= 15 is 4.57 Å². The summed E-state index contributed by atoms with van der Waals surface area (Å²) in [6, 6.07) is 1.71. The first-order valence-electron chi connectivity index (χ1n) is 20.2. The number of nitrogen functional groups attached to an aromatic ring is 1. The predicted octanol–water partition coefficient (Wildman–Crippen LogP) is 6.82. The summed E-state index contributed by atoms with van der Waals surface area (Å²) in [6.07, 6.45) is 17.2. The Balaban J connectivity index is 0.948. The van der Waals surface area contributed by atoms with E-state index in [1.165, 1.54) is 38.5 Å². The zero-order chi connectivity index (χ0) is 37.4. The number of pyridine rings is 1. The molecule has 8 fully saturated rings. The van der Waals surface area contributed by atoms with Crippen LogP contribution in [0.15, 0.2) is 18.6 Å². The first-order chi connectivity index (χ1) is 25.0. The molecule has 2 aromatic rings. The van der Waals surface area contributed by atoms with Crippen LogP contribution in [-0.4, -0.2) is 63.2 Å². The lowest BCUT2D eigenvalue weighted by atomic mass is 9.50. The van der Waals surface area contributed by atoms with Gasteiger partial charge >= 0.3 is 11.9 Å². The Labute approximate surface area is 314 Å². The van der Waals surface area contributed by atoms with Crippen molar-refractivity contribution in [1.82, 2.24) is 24.7 Å². The molecule has 10 rings (SSSR count). The van der Waals surface area contributed by atoms with Crippen LogP contribution in [0.25, 0.3) is 11.2 Å². The fourth-order valence-electron chi connectivity index (χ4n) is 12.5. The summed E-state index contributed by atoms with van der Waals surface area (Å²) >= 11 is 0. The molecule has 0 unspecified atom stereocenters. The lowest BCUT2D eigenvalue weighted by Crippen LogP contribution is -2.55. The van der Waals surface area contributed by atoms with E-state index in [-0.39, 0.29) is 17.2 Å². The van der Waals surface area contributed by atoms with Crippen LogP contribution in [0, 0.1) is 46.3 Å². The van der Waals surface area contributed by atoms with Crippen LogP contribution in [0.5, 0.6) is 0 Å². The number of carbonyl (C=O) groups is 2. The molecule has 13 heteroatoms. The van der Waals surface area contributed by atoms with Gasteiger partial charge < -0.3 is 24.5 Å². The highest BCUT2D eigenvalue weighted by Crippen LogP contribution is 2.61. The summed E-state index contributed by atoms with van der Waals surface area (Å²) < 4.78 is 35.4. The van der Waals surface area contributed by atoms with Gasteiger partial charge in [0.2, 0.25) is 7.44 Å². The molecule has 4 N–H and O–H groups in total. The summed E-state index contributed by atoms with van der Waals surface area (Å²) in [5, 5.41) is 6.26. The molecule has 2 aromatic heterocycles. The number of hydrogen-bond donors (Lipinski definition) is 3. The van der Waals surface area contributed by atoms with Crippen molar-refractivity contribution in [3.63, 3.8) is 0 Å². The van der Waals surface area contributed by atoms with E-state index < -0.39 is 36.6 Å². The van der Waals surface area contributed by atoms with Crippen LogP contribution < -0.4 is 15.9 Å². The Morgan fingerprint density at radius 2 is 1.26 bits per heavy atom. The number of fused-ring (bicyclic) bond motifs is 1. The van der Waals surface area contributed by atoms with Gasteiger partial charge in [0.15, 0.2) is 5.65 Å². The molecule has 0 saturated heterocycles. The highest BCUT2D eigenvalue weighted by Gasteiger charge is 2.54. The summed E-state index contributed by atoms with van der Waals surface area (Å²) in [6.45, 7) is 9.81. The number of nitrogens with zero attached hydrogens (tertiary/aromatic N) is 3. The van der Waals surface area contributed by atoms with Crippen molar-refractivity contribution in [2.75, 3.05) is 25.3 Å². The molecule has 0 spiro atoms. The van der Waals surface area contributed by atoms with Crippen LogP contribution in [0.2, 0.25) is 0 Å². The van der Waals surface area contributed by atoms with Gasteiger partial charge in [0, 0.05) is 17.0 Å². The van der Waals surface area contributed by atoms with Crippen molar-refractivity contribution < 1.29 is 28.4 Å². The SMILES string of the molecule is C[C@H](Cn1cnc2c(N)ccnc21)OCP(=O)(NC(C)(C)C(=O)OCC12CC3CC(CC(C3)C1)C2)NC(C)(C)C(=O)OCC12CC3CC(CC(C3)C1)C2. The molecule has 8 saturated carbocycles. The second kappa shape index (κ2) is 13.6. The molecule has 2 heterocycles. The second-order valence-electron chi connectivity index (χ2n) is 19.8. The Kier molecular flexibility index (Phi) is 9.59. The smallest absolute Gasteiger partial charge is 0.326 e. The second-order valence-corrected chi connectivity index (χ2v) is 22.0. The van der Waals surface area contributed by atoms with Crippen molar-refractivity contribution >= 4 is 36.2 Å². The molecule has 8 aliphatic rings. The van der Waals surface area contributed by atoms with E-state index in [0.29, 0.717) is 36.6 Å². The van der Waals surface area contributed by atoms with Crippen LogP contribution in [0.4, 0.5) is 5.69 Å². The van der Waals surface area contributed by atoms with Gasteiger partial charge in [-0.2, -0.15) is 0 Å². The van der Waals surface area contributed by atoms with Crippen LogP contribution in [0.1, 0.15) is 112 Å². The topological polar surface area (TPSA) is 160 Å². The fraction of sp³-hybridized carbons (Fsp3) is 0.800. The van der Waals surface area contributed by atoms with Crippen molar-refractivity contribution in [2.45, 2.75) is 135 Å². The molecule has 8 aliphatic carbocycles. The van der Waals surface area contributed by atoms with Crippen molar-refractivity contribution in [2.24, 2.45) is 46.3 Å². The predicted molar refractivity (Wildman–Crippen MR) is 203 cm³/mol. The molecule has 0 aromatic carbocycles. The minimum absolute atomic E-state index is 0.0560. The third-order valence-electron chi connectivity index (χ3n) is 13.8. The number of nitrogens with two attached hydrogens (primary N) is 1. The average molecular weight is 753 g/mol. The van der Waals surface area contributed by atoms with Crippen molar-refractivity contribution in [3.8, 4) is 0 Å². The lowest BCUT2D eigenvalue weighted by Gasteiger charge is -2.56. The molecule has 1 atom stereocenters. The summed E-state index contributed by atoms with van der Waals surface area (Å²) in [4.78, 5) is 36.5. The minimum Gasteiger partial charge on any atom is -0.464 e. The normalized spacial score (nSPS) is 34.7. The van der Waals surface area contributed by atoms with Crippen molar-refractivity contribution in [3.05, 3.63) is 18.6 Å². The van der Waals surface area contributed by atoms with Crippen LogP contribution >= 0.6 is 7.44 Å². The number of rotatable bonds is 15. The first kappa shape index (κ1) is 37.4. The van der Waals surface area contributed by atoms with Gasteiger partial charge in [0.25, 0.3) is 0 Å². The Morgan fingerprint density at radius 3 is 1.70 bits per heavy atom. The number of hydrogen-bond acceptors (Lipinski definition) is 9. The summed E-state index contributed by atoms with van der Waals surface area (Å²) in [7, 11) is -3.82. The Hall–Kier alpha value is -2.53. The molecule has 292 valence electrons. The van der Waals surface area contributed by atoms with E-state index in [1.54, 1.807) is 46.3 Å². The van der Waals surface area contributed by atoms with Crippen LogP contribution in [-0.2, 0) is 34.9 Å². The standard InChI is InChI=1S/C40H61N6O6P/c1-25(20-46-23-43-33-32(41)6-7-42-34(33)46)52-24-53(49,44-37(2,3)35(47)50-21-39-14-26-8-27(15-39)10-28(9-26)16-39)45-38(4,5)36(48)51-22-40-17-29-11-30(18-40)13-31(12-29)19-40/h6-7,23,25-31H,8-22,24H2,1-5H3,(H2,41,42)(H2,44,45,49)/t25-,26?,27?,28?,29?,30?,31?,39?,40?,53?/m1/s1. The molecule has 12 nitrogen and oxygen atoms in total. The van der Waals surface area contributed by atoms with Gasteiger partial charge in [-0.15, -0.1) is 0 Å². The molecule has 53 heavy (non-hydrogen) atoms. The zero-order valence-corrected chi connectivity index (χ0v) is 33.3. The largest absolute Gasteiger partial charge is 0.464 e. The number of anilines is 1. The number of nitrogens with one attached hydrogen (secondary N) is 2. The molecule has 0 aliphatic heterocycles. The molecular formula is C40H61N6O6P. The first-order valence-corrected chi connectivity index (χ1v) is 22.1. The molecule has 0 radical (unpaired) electrons. The van der Waals surface area contributed by atoms with Gasteiger partial charge in [0.05, 0.1) is 37.9 Å². The molecule has 0 amide bonds. The van der Waals surface area contributed by atoms with E-state index in [4.69, 9.17) is 19.9 Å². The fourth-order valence-corrected chi connectivity index (χ4v) is 15.1. The highest BCUT2D eigenvalue weighted by molar-refractivity contribution is 7.59. The summed E-state index contributed by atoms with van der Waals surface area (Å²) in [5.41, 5.74) is 5.32. The van der Waals surface area contributed by atoms with E-state index in [1.807, 2.05) is 11.5 Å². The number of esters is 2. The third kappa shape index (κ3) is 7.68. The zero-order valence-electron chi connectivity index (χ0n) is 32.4. The maximum Gasteiger partial charge on any atom is 0.326 e. The quantitative estimate of drug-likeness (QED) is 0.129. The third-order valence-corrected chi connectivity index (χ3v) is 16.2. The van der Waals surface area contributed by atoms with Gasteiger partial charge in [-0.05, 0) is 153 Å². The van der Waals surface area contributed by atoms with E-state index in [0.717, 1.165) is 74.0 Å². The molecule has 8 bridgehead atoms. The maximum atomic E-state index is 15.1. The number of ether oxygens (including phenoxy) is 3. The van der Waals surface area contributed by atoms with Gasteiger partial charge in [-0.25, -0.2) is 20.1 Å². The minimum atomic E-state index is -3.82. The van der Waals surface area contributed by atoms with Crippen LogP contribution in [0.3, 0.4) is 0 Å². The number of carbonyl (C=O) groups excluding carboxylic acids is 2. The van der Waals surface area contributed by atoms with E-state index in [2.05, 4.69) is 20.1 Å². The van der Waals surface area contributed by atoms with Gasteiger partial charge in [0.1, 0.15) is 22.9 Å². The van der Waals surface area contributed by atoms with Gasteiger partial charge in [-0.3, -0.25) is 14.2 Å². The van der Waals surface area contributed by atoms with Crippen molar-refractivity contribution in [1.29, 1.82) is 0 Å². The average Bonchev–Trinajstić information content (AvgIpc) is 3.47. The monoisotopic (exact) mass is 752 g/mol. The van der Waals surface area contributed by atoms with E-state index in [9.17, 15) is 9.59 Å². The number of aromatic nitrogens is 3. The van der Waals surface area contributed by atoms with Gasteiger partial charge in [-0.1, -0.05) is 0 Å². The molecular weight excluding hydrogens is 691 g/mol. The maximum absolute atomic E-state index is 15.1. The number of imidazole rings is 1. The lowest BCUT2D eigenvalue weighted by molar-refractivity contribution is -0.161. The highest BCUT2D eigenvalue weighted by atomic mass is 31.2. The Morgan fingerprint density at radius 1 is 0.830 bits per heavy atom. The Bertz CT molecular complexity index is 1620.